The van der Waals surface area contributed by atoms with Crippen LogP contribution in [0.25, 0.3) is 0 Å². The average molecular weight is 473 g/mol. The molecule has 7 nitrogen and oxygen atoms in total. The molecule has 0 bridgehead atoms. The van der Waals surface area contributed by atoms with Gasteiger partial charge in [0.2, 0.25) is 11.8 Å². The summed E-state index contributed by atoms with van der Waals surface area (Å²) in [4.78, 5) is 52.7. The molecule has 0 spiro atoms. The van der Waals surface area contributed by atoms with Crippen LogP contribution in [0.5, 0.6) is 0 Å². The summed E-state index contributed by atoms with van der Waals surface area (Å²) >= 11 is 1.55. The number of benzene rings is 2. The van der Waals surface area contributed by atoms with Gasteiger partial charge in [-0.25, -0.2) is 4.39 Å². The molecule has 2 N–H and O–H groups in total. The second kappa shape index (κ2) is 10.6. The fraction of sp³-hybridized carbons (Fsp3) is 0.333. The van der Waals surface area contributed by atoms with E-state index in [9.17, 15) is 23.6 Å². The number of para-hydroxylation sites is 2. The summed E-state index contributed by atoms with van der Waals surface area (Å²) in [5, 5.41) is 11.3. The molecule has 0 radical (unpaired) electrons. The fourth-order valence-corrected chi connectivity index (χ4v) is 4.73. The van der Waals surface area contributed by atoms with Crippen molar-refractivity contribution >= 4 is 46.7 Å². The van der Waals surface area contributed by atoms with E-state index in [1.807, 2.05) is 48.5 Å². The number of carbonyl (C=O) groups is 4. The first kappa shape index (κ1) is 24.4. The molecule has 3 rings (SSSR count). The van der Waals surface area contributed by atoms with Gasteiger partial charge in [0.25, 0.3) is 0 Å². The Hall–Kier alpha value is -3.20. The van der Waals surface area contributed by atoms with Gasteiger partial charge in [0.1, 0.15) is 12.7 Å². The lowest BCUT2D eigenvalue weighted by atomic mass is 9.90. The molecule has 2 aromatic rings. The van der Waals surface area contributed by atoms with Crippen molar-refractivity contribution in [2.75, 3.05) is 11.6 Å². The number of hydrogen-bond donors (Lipinski definition) is 2. The predicted octanol–water partition coefficient (Wildman–Crippen LogP) is 3.98. The molecule has 1 heterocycles. The normalized spacial score (nSPS) is 14.1. The minimum absolute atomic E-state index is 0.166. The van der Waals surface area contributed by atoms with Crippen molar-refractivity contribution in [2.45, 2.75) is 42.5 Å². The molecule has 2 aromatic carbocycles. The summed E-state index contributed by atoms with van der Waals surface area (Å²) in [5.74, 6) is -4.44. The lowest BCUT2D eigenvalue weighted by molar-refractivity contribution is -0.141. The maximum atomic E-state index is 13.5. The molecule has 0 aliphatic carbocycles. The van der Waals surface area contributed by atoms with Crippen LogP contribution in [0.1, 0.15) is 26.7 Å². The number of nitrogens with one attached hydrogen (secondary N) is 1. The van der Waals surface area contributed by atoms with Gasteiger partial charge in [-0.2, -0.15) is 0 Å². The molecule has 0 saturated heterocycles. The van der Waals surface area contributed by atoms with Crippen LogP contribution >= 0.6 is 11.8 Å². The Kier molecular flexibility index (Phi) is 7.86. The Labute approximate surface area is 195 Å². The summed E-state index contributed by atoms with van der Waals surface area (Å²) in [6, 6.07) is 13.5. The summed E-state index contributed by atoms with van der Waals surface area (Å²) in [6.07, 6.45) is -0.891. The van der Waals surface area contributed by atoms with Gasteiger partial charge in [-0.3, -0.25) is 24.1 Å². The highest BCUT2D eigenvalue weighted by Gasteiger charge is 2.34. The van der Waals surface area contributed by atoms with E-state index in [0.29, 0.717) is 11.4 Å². The Balaban J connectivity index is 1.86. The van der Waals surface area contributed by atoms with Crippen LogP contribution in [0, 0.1) is 11.8 Å². The van der Waals surface area contributed by atoms with Crippen molar-refractivity contribution in [1.29, 1.82) is 0 Å². The second-order valence-electron chi connectivity index (χ2n) is 8.08. The number of nitrogens with zero attached hydrogens (tertiary/aromatic N) is 1. The molecular weight excluding hydrogens is 447 g/mol. The fourth-order valence-electron chi connectivity index (χ4n) is 3.68. The highest BCUT2D eigenvalue weighted by Crippen LogP contribution is 2.48. The number of carbonyl (C=O) groups excluding carboxylic acids is 3. The third-order valence-corrected chi connectivity index (χ3v) is 6.56. The zero-order chi connectivity index (χ0) is 24.1. The van der Waals surface area contributed by atoms with Crippen molar-refractivity contribution in [1.82, 2.24) is 5.32 Å². The minimum atomic E-state index is -1.48. The van der Waals surface area contributed by atoms with Crippen LogP contribution in [0.3, 0.4) is 0 Å². The van der Waals surface area contributed by atoms with E-state index in [2.05, 4.69) is 5.32 Å². The summed E-state index contributed by atoms with van der Waals surface area (Å²) in [7, 11) is 0. The number of aliphatic carboxylic acids is 1. The maximum absolute atomic E-state index is 13.5. The minimum Gasteiger partial charge on any atom is -0.481 e. The number of rotatable bonds is 9. The predicted molar refractivity (Wildman–Crippen MR) is 122 cm³/mol. The van der Waals surface area contributed by atoms with Crippen molar-refractivity contribution in [3.63, 3.8) is 0 Å². The number of carboxylic acid groups (broad SMARTS) is 1. The zero-order valence-electron chi connectivity index (χ0n) is 18.3. The lowest BCUT2D eigenvalue weighted by Gasteiger charge is -2.32. The van der Waals surface area contributed by atoms with Gasteiger partial charge in [0.05, 0.1) is 17.8 Å². The van der Waals surface area contributed by atoms with Gasteiger partial charge in [0.15, 0.2) is 5.78 Å². The van der Waals surface area contributed by atoms with Crippen LogP contribution in [0.4, 0.5) is 15.8 Å². The Morgan fingerprint density at radius 2 is 1.52 bits per heavy atom. The maximum Gasteiger partial charge on any atom is 0.305 e. The Morgan fingerprint density at radius 3 is 2.00 bits per heavy atom. The molecule has 9 heteroatoms. The SMILES string of the molecule is CC(C)C(CC(=O)N1c2ccccc2Sc2ccccc21)C(=O)NC(CC(=O)O)C(=O)CF. The van der Waals surface area contributed by atoms with E-state index in [-0.39, 0.29) is 18.2 Å². The van der Waals surface area contributed by atoms with E-state index in [0.717, 1.165) is 9.79 Å². The van der Waals surface area contributed by atoms with Gasteiger partial charge in [-0.05, 0) is 30.2 Å². The van der Waals surface area contributed by atoms with Crippen molar-refractivity contribution in [3.05, 3.63) is 48.5 Å². The molecule has 174 valence electrons. The highest BCUT2D eigenvalue weighted by atomic mass is 32.2. The third kappa shape index (κ3) is 5.60. The number of ketones is 1. The lowest BCUT2D eigenvalue weighted by Crippen LogP contribution is -2.47. The summed E-state index contributed by atoms with van der Waals surface area (Å²) < 4.78 is 12.9. The third-order valence-electron chi connectivity index (χ3n) is 5.43. The monoisotopic (exact) mass is 472 g/mol. The van der Waals surface area contributed by atoms with Crippen LogP contribution in [0.2, 0.25) is 0 Å². The van der Waals surface area contributed by atoms with Gasteiger partial charge in [-0.15, -0.1) is 0 Å². The molecule has 0 aromatic heterocycles. The number of anilines is 2. The number of Topliss-reactive ketones (excluding diaryl/α,β-unsaturated/α-hetero) is 1. The smallest absolute Gasteiger partial charge is 0.305 e. The van der Waals surface area contributed by atoms with E-state index in [1.54, 1.807) is 30.5 Å². The van der Waals surface area contributed by atoms with Crippen molar-refractivity contribution < 1.29 is 28.7 Å². The van der Waals surface area contributed by atoms with E-state index >= 15 is 0 Å². The molecule has 2 unspecified atom stereocenters. The standard InChI is InChI=1S/C24H25FN2O5S/c1-14(2)15(24(32)26-16(12-23(30)31)19(28)13-25)11-22(29)27-17-7-3-5-9-20(17)33-21-10-6-4-8-18(21)27/h3-10,14-16H,11-13H2,1-2H3,(H,26,32)(H,30,31). The number of alkyl halides is 1. The van der Waals surface area contributed by atoms with Gasteiger partial charge < -0.3 is 10.4 Å². The van der Waals surface area contributed by atoms with E-state index in [1.165, 1.54) is 0 Å². The number of fused-ring (bicyclic) bond motifs is 2. The molecule has 33 heavy (non-hydrogen) atoms. The van der Waals surface area contributed by atoms with Crippen LogP contribution in [-0.4, -0.2) is 41.4 Å². The first-order chi connectivity index (χ1) is 15.7. The van der Waals surface area contributed by atoms with E-state index in [4.69, 9.17) is 5.11 Å². The Bertz CT molecular complexity index is 1030. The zero-order valence-corrected chi connectivity index (χ0v) is 19.1. The van der Waals surface area contributed by atoms with Crippen molar-refractivity contribution in [2.24, 2.45) is 11.8 Å². The summed E-state index contributed by atoms with van der Waals surface area (Å²) in [5.41, 5.74) is 1.43. The molecule has 0 fully saturated rings. The van der Waals surface area contributed by atoms with Gasteiger partial charge in [0, 0.05) is 22.1 Å². The largest absolute Gasteiger partial charge is 0.481 e. The van der Waals surface area contributed by atoms with E-state index < -0.39 is 42.7 Å². The van der Waals surface area contributed by atoms with Crippen LogP contribution < -0.4 is 10.2 Å². The molecule has 2 amide bonds. The molecule has 1 aliphatic rings. The average Bonchev–Trinajstić information content (AvgIpc) is 2.79. The van der Waals surface area contributed by atoms with Crippen LogP contribution in [0.15, 0.2) is 58.3 Å². The number of amides is 2. The molecule has 2 atom stereocenters. The summed E-state index contributed by atoms with van der Waals surface area (Å²) in [6.45, 7) is 2.13. The number of halogens is 1. The second-order valence-corrected chi connectivity index (χ2v) is 9.16. The van der Waals surface area contributed by atoms with Crippen molar-refractivity contribution in [3.8, 4) is 0 Å². The molecule has 1 aliphatic heterocycles. The topological polar surface area (TPSA) is 104 Å². The van der Waals surface area contributed by atoms with Gasteiger partial charge >= 0.3 is 5.97 Å². The first-order valence-electron chi connectivity index (χ1n) is 10.5. The molecular formula is C24H25FN2O5S. The first-order valence-corrected chi connectivity index (χ1v) is 11.3. The number of carboxylic acids is 1. The van der Waals surface area contributed by atoms with Gasteiger partial charge in [-0.1, -0.05) is 49.9 Å². The molecule has 0 saturated carbocycles. The highest BCUT2D eigenvalue weighted by molar-refractivity contribution is 7.99. The Morgan fingerprint density at radius 1 is 0.970 bits per heavy atom. The van der Waals surface area contributed by atoms with Crippen LogP contribution in [-0.2, 0) is 19.2 Å². The number of hydrogen-bond acceptors (Lipinski definition) is 5. The quantitative estimate of drug-likeness (QED) is 0.572.